The maximum Gasteiger partial charge on any atom is 0.144 e. The van der Waals surface area contributed by atoms with Gasteiger partial charge in [-0.15, -0.1) is 0 Å². The fraction of sp³-hybridized carbons (Fsp3) is 0.435. The first-order chi connectivity index (χ1) is 14.4. The third-order valence-corrected chi connectivity index (χ3v) is 6.96. The number of nitrogens with two attached hydrogens (primary N) is 1. The van der Waals surface area contributed by atoms with E-state index in [1.807, 2.05) is 17.9 Å². The number of anilines is 2. The number of halogens is 1. The molecular formula is C23H28ClN5O. The van der Waals surface area contributed by atoms with E-state index >= 15 is 0 Å². The van der Waals surface area contributed by atoms with Crippen molar-refractivity contribution in [2.75, 3.05) is 23.7 Å². The highest BCUT2D eigenvalue weighted by molar-refractivity contribution is 6.36. The average Bonchev–Trinajstić information content (AvgIpc) is 3.11. The second-order valence-corrected chi connectivity index (χ2v) is 8.71. The van der Waals surface area contributed by atoms with Crippen LogP contribution in [0.1, 0.15) is 39.5 Å². The minimum absolute atomic E-state index is 0.217. The van der Waals surface area contributed by atoms with Crippen molar-refractivity contribution in [2.45, 2.75) is 39.5 Å². The number of hydrogen-bond acceptors (Lipinski definition) is 5. The highest BCUT2D eigenvalue weighted by atomic mass is 35.5. The average molecular weight is 426 g/mol. The van der Waals surface area contributed by atoms with Gasteiger partial charge in [0.25, 0.3) is 0 Å². The summed E-state index contributed by atoms with van der Waals surface area (Å²) in [5.74, 6) is 0.626. The monoisotopic (exact) mass is 425 g/mol. The molecule has 0 atom stereocenters. The number of aryl methyl sites for hydroxylation is 1. The summed E-state index contributed by atoms with van der Waals surface area (Å²) in [5, 5.41) is 5.87. The van der Waals surface area contributed by atoms with Crippen LogP contribution in [0.4, 0.5) is 11.5 Å². The van der Waals surface area contributed by atoms with E-state index in [0.717, 1.165) is 66.5 Å². The topological polar surface area (TPSA) is 77.0 Å². The number of nitrogens with zero attached hydrogens (tertiary/aromatic N) is 4. The molecule has 6 nitrogen and oxygen atoms in total. The molecule has 1 aromatic carbocycles. The number of aromatic nitrogens is 3. The summed E-state index contributed by atoms with van der Waals surface area (Å²) in [6.45, 7) is 5.41. The van der Waals surface area contributed by atoms with Crippen molar-refractivity contribution in [1.29, 1.82) is 0 Å². The fourth-order valence-electron chi connectivity index (χ4n) is 4.76. The van der Waals surface area contributed by atoms with E-state index in [-0.39, 0.29) is 5.41 Å². The van der Waals surface area contributed by atoms with Crippen LogP contribution >= 0.6 is 11.6 Å². The van der Waals surface area contributed by atoms with E-state index in [2.05, 4.69) is 40.1 Å². The zero-order chi connectivity index (χ0) is 21.5. The minimum atomic E-state index is -0.217. The lowest BCUT2D eigenvalue weighted by Crippen LogP contribution is -2.44. The zero-order valence-electron chi connectivity index (χ0n) is 17.8. The van der Waals surface area contributed by atoms with Gasteiger partial charge < -0.3 is 10.6 Å². The van der Waals surface area contributed by atoms with Gasteiger partial charge in [0.15, 0.2) is 0 Å². The third kappa shape index (κ3) is 3.43. The Bertz CT molecular complexity index is 1100. The van der Waals surface area contributed by atoms with Gasteiger partial charge in [0.2, 0.25) is 0 Å². The first-order valence-corrected chi connectivity index (χ1v) is 10.9. The Morgan fingerprint density at radius 2 is 2.00 bits per heavy atom. The lowest BCUT2D eigenvalue weighted by atomic mass is 9.72. The molecule has 4 rings (SSSR count). The molecule has 2 N–H and O–H groups in total. The highest BCUT2D eigenvalue weighted by Crippen LogP contribution is 2.44. The van der Waals surface area contributed by atoms with Crippen LogP contribution in [0.5, 0.6) is 0 Å². The second kappa shape index (κ2) is 7.91. The quantitative estimate of drug-likeness (QED) is 0.632. The van der Waals surface area contributed by atoms with Crippen LogP contribution in [0.25, 0.3) is 22.0 Å². The van der Waals surface area contributed by atoms with Crippen molar-refractivity contribution in [1.82, 2.24) is 14.8 Å². The van der Waals surface area contributed by atoms with Crippen LogP contribution in [0, 0.1) is 5.41 Å². The summed E-state index contributed by atoms with van der Waals surface area (Å²) < 4.78 is 1.86. The maximum atomic E-state index is 12.4. The van der Waals surface area contributed by atoms with Gasteiger partial charge in [-0.05, 0) is 43.9 Å². The Balaban J connectivity index is 1.73. The lowest BCUT2D eigenvalue weighted by molar-refractivity contribution is -0.128. The van der Waals surface area contributed by atoms with E-state index in [9.17, 15) is 4.79 Å². The molecule has 0 aliphatic carbocycles. The smallest absolute Gasteiger partial charge is 0.144 e. The minimum Gasteiger partial charge on any atom is -0.382 e. The molecule has 0 spiro atoms. The van der Waals surface area contributed by atoms with Crippen molar-refractivity contribution in [2.24, 2.45) is 12.5 Å². The number of fused-ring (bicyclic) bond motifs is 1. The lowest BCUT2D eigenvalue weighted by Gasteiger charge is -2.42. The van der Waals surface area contributed by atoms with Gasteiger partial charge in [0, 0.05) is 42.7 Å². The zero-order valence-corrected chi connectivity index (χ0v) is 18.5. The van der Waals surface area contributed by atoms with E-state index in [1.54, 1.807) is 13.1 Å². The highest BCUT2D eigenvalue weighted by Gasteiger charge is 2.38. The van der Waals surface area contributed by atoms with Crippen molar-refractivity contribution in [3.05, 3.63) is 35.6 Å². The summed E-state index contributed by atoms with van der Waals surface area (Å²) in [6.07, 6.45) is 7.27. The van der Waals surface area contributed by atoms with Crippen molar-refractivity contribution >= 4 is 39.8 Å². The molecule has 0 radical (unpaired) electrons. The number of ketones is 1. The van der Waals surface area contributed by atoms with Gasteiger partial charge in [-0.1, -0.05) is 31.0 Å². The van der Waals surface area contributed by atoms with Crippen molar-refractivity contribution < 1.29 is 4.79 Å². The van der Waals surface area contributed by atoms with Crippen LogP contribution in [-0.4, -0.2) is 33.6 Å². The summed E-state index contributed by atoms with van der Waals surface area (Å²) in [7, 11) is 1.93. The van der Waals surface area contributed by atoms with E-state index in [1.165, 1.54) is 0 Å². The summed E-state index contributed by atoms with van der Waals surface area (Å²) >= 11 is 6.69. The van der Waals surface area contributed by atoms with Crippen molar-refractivity contribution in [3.8, 4) is 11.1 Å². The predicted octanol–water partition coefficient (Wildman–Crippen LogP) is 4.85. The number of piperidine rings is 1. The first kappa shape index (κ1) is 20.7. The number of carbonyl (C=O) groups is 1. The van der Waals surface area contributed by atoms with Crippen LogP contribution in [0.15, 0.2) is 30.6 Å². The van der Waals surface area contributed by atoms with Crippen LogP contribution in [0.3, 0.4) is 0 Å². The molecule has 0 saturated carbocycles. The molecule has 1 saturated heterocycles. The van der Waals surface area contributed by atoms with Gasteiger partial charge >= 0.3 is 0 Å². The van der Waals surface area contributed by atoms with Gasteiger partial charge in [-0.25, -0.2) is 4.98 Å². The molecule has 1 aliphatic heterocycles. The molecule has 3 heterocycles. The second-order valence-electron chi connectivity index (χ2n) is 8.34. The molecule has 2 aromatic heterocycles. The van der Waals surface area contributed by atoms with Gasteiger partial charge in [-0.3, -0.25) is 9.48 Å². The number of Topliss-reactive ketones (excluding diaryl/α,β-unsaturated/α-hetero) is 1. The molecule has 3 aromatic rings. The fourth-order valence-corrected chi connectivity index (χ4v) is 5.03. The van der Waals surface area contributed by atoms with Crippen LogP contribution in [0.2, 0.25) is 5.02 Å². The number of carbonyl (C=O) groups excluding carboxylic acids is 1. The molecule has 158 valence electrons. The van der Waals surface area contributed by atoms with Crippen LogP contribution < -0.4 is 10.6 Å². The SMILES string of the molecule is CCCC1(C(C)=O)CCN(c2c(-c3ccc4c(cnn4C)c3)cnc(N)c2Cl)CC1. The Labute approximate surface area is 182 Å². The van der Waals surface area contributed by atoms with E-state index < -0.39 is 0 Å². The largest absolute Gasteiger partial charge is 0.382 e. The molecule has 7 heteroatoms. The predicted molar refractivity (Wildman–Crippen MR) is 123 cm³/mol. The summed E-state index contributed by atoms with van der Waals surface area (Å²) in [5.41, 5.74) is 9.81. The van der Waals surface area contributed by atoms with Gasteiger partial charge in [-0.2, -0.15) is 5.10 Å². The first-order valence-electron chi connectivity index (χ1n) is 10.5. The van der Waals surface area contributed by atoms with E-state index in [4.69, 9.17) is 17.3 Å². The molecule has 1 fully saturated rings. The number of pyridine rings is 1. The summed E-state index contributed by atoms with van der Waals surface area (Å²) in [6, 6.07) is 6.23. The Morgan fingerprint density at radius 1 is 1.27 bits per heavy atom. The number of hydrogen-bond donors (Lipinski definition) is 1. The Morgan fingerprint density at radius 3 is 2.67 bits per heavy atom. The van der Waals surface area contributed by atoms with Gasteiger partial charge in [0.1, 0.15) is 16.6 Å². The van der Waals surface area contributed by atoms with Crippen molar-refractivity contribution in [3.63, 3.8) is 0 Å². The normalized spacial score (nSPS) is 16.2. The van der Waals surface area contributed by atoms with E-state index in [0.29, 0.717) is 16.6 Å². The number of rotatable bonds is 5. The van der Waals surface area contributed by atoms with Crippen LogP contribution in [-0.2, 0) is 11.8 Å². The molecule has 30 heavy (non-hydrogen) atoms. The Kier molecular flexibility index (Phi) is 5.45. The Hall–Kier alpha value is -2.60. The molecule has 0 bridgehead atoms. The van der Waals surface area contributed by atoms with Gasteiger partial charge in [0.05, 0.1) is 17.4 Å². The number of benzene rings is 1. The maximum absolute atomic E-state index is 12.4. The third-order valence-electron chi connectivity index (χ3n) is 6.59. The molecule has 0 unspecified atom stereocenters. The molecule has 0 amide bonds. The number of nitrogen functional groups attached to an aromatic ring is 1. The summed E-state index contributed by atoms with van der Waals surface area (Å²) in [4.78, 5) is 19.0. The molecule has 1 aliphatic rings. The molecular weight excluding hydrogens is 398 g/mol. The standard InChI is InChI=1S/C23H28ClN5O/c1-4-7-23(15(2)30)8-10-29(11-9-23)21-18(14-26-22(25)20(21)24)16-5-6-19-17(12-16)13-27-28(19)3/h5-6,12-14H,4,7-11H2,1-3H3,(H2,25,26).